The van der Waals surface area contributed by atoms with Gasteiger partial charge in [0.25, 0.3) is 11.5 Å². The summed E-state index contributed by atoms with van der Waals surface area (Å²) in [7, 11) is 0. The lowest BCUT2D eigenvalue weighted by molar-refractivity contribution is 0.0921. The van der Waals surface area contributed by atoms with Gasteiger partial charge in [-0.2, -0.15) is 5.10 Å². The molecule has 10 heteroatoms. The zero-order valence-corrected chi connectivity index (χ0v) is 17.0. The van der Waals surface area contributed by atoms with E-state index < -0.39 is 0 Å². The molecule has 0 aliphatic heterocycles. The highest BCUT2D eigenvalue weighted by molar-refractivity contribution is 5.97. The van der Waals surface area contributed by atoms with Crippen LogP contribution in [0.4, 0.5) is 0 Å². The first-order chi connectivity index (χ1) is 15.1. The summed E-state index contributed by atoms with van der Waals surface area (Å²) in [5, 5.41) is 11.7. The van der Waals surface area contributed by atoms with Crippen molar-refractivity contribution in [3.63, 3.8) is 0 Å². The van der Waals surface area contributed by atoms with Crippen LogP contribution in [0.25, 0.3) is 16.9 Å². The highest BCUT2D eigenvalue weighted by Crippen LogP contribution is 2.27. The molecule has 1 amide bonds. The first kappa shape index (κ1) is 19.2. The van der Waals surface area contributed by atoms with E-state index in [1.165, 1.54) is 21.8 Å². The minimum absolute atomic E-state index is 0.00607. The number of carbonyl (C=O) groups is 1. The normalized spacial score (nSPS) is 18.9. The number of nitrogens with one attached hydrogen (secondary N) is 2. The summed E-state index contributed by atoms with van der Waals surface area (Å²) >= 11 is 0. The van der Waals surface area contributed by atoms with Crippen molar-refractivity contribution in [1.82, 2.24) is 39.8 Å². The Morgan fingerprint density at radius 3 is 2.77 bits per heavy atom. The van der Waals surface area contributed by atoms with Gasteiger partial charge in [-0.1, -0.05) is 0 Å². The van der Waals surface area contributed by atoms with E-state index >= 15 is 0 Å². The number of amides is 1. The number of nitrogens with zero attached hydrogens (tertiary/aromatic N) is 6. The fourth-order valence-corrected chi connectivity index (χ4v) is 4.14. The van der Waals surface area contributed by atoms with E-state index in [9.17, 15) is 9.59 Å². The van der Waals surface area contributed by atoms with E-state index in [1.54, 1.807) is 18.5 Å². The van der Waals surface area contributed by atoms with Crippen LogP contribution in [0, 0.1) is 6.92 Å². The second-order valence-electron chi connectivity index (χ2n) is 7.85. The molecule has 158 valence electrons. The highest BCUT2D eigenvalue weighted by atomic mass is 16.1. The molecule has 1 fully saturated rings. The number of carbonyl (C=O) groups excluding carboxylic acids is 1. The van der Waals surface area contributed by atoms with Crippen molar-refractivity contribution >= 4 is 16.9 Å². The molecule has 2 N–H and O–H groups in total. The minimum Gasteiger partial charge on any atom is -0.349 e. The fraction of sp³-hybridized carbons (Fsp3) is 0.333. The van der Waals surface area contributed by atoms with E-state index in [0.717, 1.165) is 42.5 Å². The third-order valence-electron chi connectivity index (χ3n) is 5.70. The second kappa shape index (κ2) is 7.78. The Labute approximate surface area is 177 Å². The van der Waals surface area contributed by atoms with E-state index in [2.05, 4.69) is 30.5 Å². The summed E-state index contributed by atoms with van der Waals surface area (Å²) in [6.45, 7) is 1.89. The van der Waals surface area contributed by atoms with Crippen molar-refractivity contribution in [3.05, 3.63) is 64.7 Å². The largest absolute Gasteiger partial charge is 0.349 e. The summed E-state index contributed by atoms with van der Waals surface area (Å²) < 4.78 is 3.06. The van der Waals surface area contributed by atoms with Gasteiger partial charge in [-0.25, -0.2) is 19.3 Å². The van der Waals surface area contributed by atoms with E-state index in [0.29, 0.717) is 11.4 Å². The van der Waals surface area contributed by atoms with Gasteiger partial charge in [-0.3, -0.25) is 9.59 Å². The number of hydrogen-bond acceptors (Lipinski definition) is 6. The molecule has 0 saturated heterocycles. The summed E-state index contributed by atoms with van der Waals surface area (Å²) in [5.74, 6) is 1.28. The Hall–Kier alpha value is -3.82. The maximum Gasteiger partial charge on any atom is 0.267 e. The van der Waals surface area contributed by atoms with Crippen LogP contribution >= 0.6 is 0 Å². The Morgan fingerprint density at radius 2 is 2.00 bits per heavy atom. The molecule has 3 aromatic heterocycles. The van der Waals surface area contributed by atoms with Gasteiger partial charge in [0, 0.05) is 17.7 Å². The van der Waals surface area contributed by atoms with Crippen LogP contribution in [0.5, 0.6) is 0 Å². The molecule has 0 unspecified atom stereocenters. The fourth-order valence-electron chi connectivity index (χ4n) is 4.14. The van der Waals surface area contributed by atoms with Gasteiger partial charge in [0.1, 0.15) is 18.5 Å². The lowest BCUT2D eigenvalue weighted by Crippen LogP contribution is -2.39. The van der Waals surface area contributed by atoms with Gasteiger partial charge in [0.2, 0.25) is 0 Å². The zero-order valence-electron chi connectivity index (χ0n) is 17.0. The van der Waals surface area contributed by atoms with E-state index in [-0.39, 0.29) is 23.6 Å². The van der Waals surface area contributed by atoms with Crippen LogP contribution < -0.4 is 10.9 Å². The minimum atomic E-state index is -0.139. The predicted molar refractivity (Wildman–Crippen MR) is 113 cm³/mol. The second-order valence-corrected chi connectivity index (χ2v) is 7.85. The Morgan fingerprint density at radius 1 is 1.16 bits per heavy atom. The van der Waals surface area contributed by atoms with E-state index in [1.807, 2.05) is 19.1 Å². The molecule has 10 nitrogen and oxygen atoms in total. The monoisotopic (exact) mass is 418 g/mol. The Bertz CT molecular complexity index is 1280. The lowest BCUT2D eigenvalue weighted by Gasteiger charge is -2.29. The smallest absolute Gasteiger partial charge is 0.267 e. The number of H-pyrrole nitrogens is 1. The molecule has 0 bridgehead atoms. The van der Waals surface area contributed by atoms with Gasteiger partial charge >= 0.3 is 0 Å². The molecule has 4 aromatic rings. The van der Waals surface area contributed by atoms with Crippen molar-refractivity contribution in [1.29, 1.82) is 0 Å². The third kappa shape index (κ3) is 3.83. The summed E-state index contributed by atoms with van der Waals surface area (Å²) in [6, 6.07) is 8.68. The van der Waals surface area contributed by atoms with Gasteiger partial charge in [0.05, 0.1) is 17.1 Å². The average molecular weight is 418 g/mol. The topological polar surface area (TPSA) is 123 Å². The molecule has 0 radical (unpaired) electrons. The van der Waals surface area contributed by atoms with Crippen molar-refractivity contribution < 1.29 is 4.79 Å². The van der Waals surface area contributed by atoms with Crippen LogP contribution in [0.1, 0.15) is 47.9 Å². The Kier molecular flexibility index (Phi) is 4.81. The molecule has 31 heavy (non-hydrogen) atoms. The van der Waals surface area contributed by atoms with Crippen molar-refractivity contribution in [2.24, 2.45) is 0 Å². The molecule has 5 rings (SSSR count). The van der Waals surface area contributed by atoms with Crippen LogP contribution in [0.3, 0.4) is 0 Å². The lowest BCUT2D eigenvalue weighted by atomic mass is 9.91. The number of hydrogen-bond donors (Lipinski definition) is 2. The van der Waals surface area contributed by atoms with Gasteiger partial charge < -0.3 is 10.3 Å². The first-order valence-electron chi connectivity index (χ1n) is 10.3. The maximum atomic E-state index is 12.7. The number of benzene rings is 1. The van der Waals surface area contributed by atoms with Gasteiger partial charge in [-0.05, 0) is 56.9 Å². The van der Waals surface area contributed by atoms with Gasteiger partial charge in [0.15, 0.2) is 5.82 Å². The molecule has 1 aromatic carbocycles. The third-order valence-corrected chi connectivity index (χ3v) is 5.70. The SMILES string of the molecule is Cc1nc2ccc(C(=O)NC3CCC(n4nc(-n5cncn5)ccc4=O)CC3)cc2[nH]1. The maximum absolute atomic E-state index is 12.7. The summed E-state index contributed by atoms with van der Waals surface area (Å²) in [6.07, 6.45) is 6.06. The summed E-state index contributed by atoms with van der Waals surface area (Å²) in [5.41, 5.74) is 2.17. The molecule has 1 saturated carbocycles. The van der Waals surface area contributed by atoms with Crippen LogP contribution in [-0.2, 0) is 0 Å². The number of fused-ring (bicyclic) bond motifs is 1. The number of rotatable bonds is 4. The number of imidazole rings is 1. The van der Waals surface area contributed by atoms with Crippen molar-refractivity contribution in [3.8, 4) is 5.82 Å². The number of aromatic amines is 1. The molecule has 1 aliphatic carbocycles. The highest BCUT2D eigenvalue weighted by Gasteiger charge is 2.25. The van der Waals surface area contributed by atoms with Crippen LogP contribution in [0.2, 0.25) is 0 Å². The average Bonchev–Trinajstić information content (AvgIpc) is 3.43. The molecule has 3 heterocycles. The van der Waals surface area contributed by atoms with Gasteiger partial charge in [-0.15, -0.1) is 5.10 Å². The quantitative estimate of drug-likeness (QED) is 0.522. The molecular weight excluding hydrogens is 396 g/mol. The molecular formula is C21H22N8O2. The molecule has 1 aliphatic rings. The number of aryl methyl sites for hydroxylation is 1. The van der Waals surface area contributed by atoms with Crippen molar-refractivity contribution in [2.45, 2.75) is 44.7 Å². The van der Waals surface area contributed by atoms with E-state index in [4.69, 9.17) is 0 Å². The summed E-state index contributed by atoms with van der Waals surface area (Å²) in [4.78, 5) is 36.5. The molecule has 0 atom stereocenters. The predicted octanol–water partition coefficient (Wildman–Crippen LogP) is 1.92. The first-order valence-corrected chi connectivity index (χ1v) is 10.3. The van der Waals surface area contributed by atoms with Crippen molar-refractivity contribution in [2.75, 3.05) is 0 Å². The Balaban J connectivity index is 1.24. The standard InChI is InChI=1S/C21H22N8O2/c1-13-24-17-7-2-14(10-18(17)25-13)21(31)26-15-3-5-16(6-4-15)29-20(30)9-8-19(27-29)28-12-22-11-23-28/h2,7-12,15-16H,3-6H2,1H3,(H,24,25)(H,26,31). The number of aromatic nitrogens is 7. The van der Waals surface area contributed by atoms with Crippen LogP contribution in [-0.4, -0.2) is 46.5 Å². The zero-order chi connectivity index (χ0) is 21.4. The van der Waals surface area contributed by atoms with Crippen LogP contribution in [0.15, 0.2) is 47.8 Å². The molecule has 0 spiro atoms.